The third-order valence-electron chi connectivity index (χ3n) is 4.32. The molecule has 0 saturated carbocycles. The van der Waals surface area contributed by atoms with Crippen LogP contribution in [0.1, 0.15) is 17.2 Å². The van der Waals surface area contributed by atoms with Gasteiger partial charge in [-0.2, -0.15) is 0 Å². The zero-order valence-corrected chi connectivity index (χ0v) is 16.8. The molecule has 30 heavy (non-hydrogen) atoms. The molecule has 0 spiro atoms. The Morgan fingerprint density at radius 1 is 0.867 bits per heavy atom. The van der Waals surface area contributed by atoms with Gasteiger partial charge in [-0.1, -0.05) is 60.2 Å². The summed E-state index contributed by atoms with van der Waals surface area (Å²) in [7, 11) is 1.52. The smallest absolute Gasteiger partial charge is 0.345 e. The minimum absolute atomic E-state index is 0.360. The molecule has 0 heterocycles. The standard InChI is InChI=1S/C24H23NO5/c1-17-12-14-19(15-13-17)25-24(27)23(18-8-4-3-5-9-18)30-22(26)16-29-21-11-7-6-10-20(21)28-2/h3-15,23H,16H2,1-2H3,(H,25,27)/t23-/m1/s1. The predicted molar refractivity (Wildman–Crippen MR) is 114 cm³/mol. The maximum atomic E-state index is 12.9. The Hall–Kier alpha value is -3.80. The summed E-state index contributed by atoms with van der Waals surface area (Å²) in [5.74, 6) is -0.205. The molecular weight excluding hydrogens is 382 g/mol. The van der Waals surface area contributed by atoms with E-state index in [0.717, 1.165) is 5.56 Å². The topological polar surface area (TPSA) is 73.9 Å². The number of esters is 1. The van der Waals surface area contributed by atoms with Gasteiger partial charge >= 0.3 is 5.97 Å². The van der Waals surface area contributed by atoms with Crippen molar-refractivity contribution in [1.29, 1.82) is 0 Å². The van der Waals surface area contributed by atoms with Crippen LogP contribution in [-0.4, -0.2) is 25.6 Å². The minimum Gasteiger partial charge on any atom is -0.493 e. The second kappa shape index (κ2) is 10.1. The van der Waals surface area contributed by atoms with Crippen LogP contribution in [0.5, 0.6) is 11.5 Å². The molecule has 0 aliphatic heterocycles. The molecule has 1 N–H and O–H groups in total. The number of amides is 1. The number of anilines is 1. The highest BCUT2D eigenvalue weighted by atomic mass is 16.6. The fourth-order valence-electron chi connectivity index (χ4n) is 2.79. The van der Waals surface area contributed by atoms with Gasteiger partial charge in [-0.05, 0) is 31.2 Å². The first-order valence-corrected chi connectivity index (χ1v) is 9.44. The summed E-state index contributed by atoms with van der Waals surface area (Å²) >= 11 is 0. The van der Waals surface area contributed by atoms with Crippen LogP contribution in [0.4, 0.5) is 5.69 Å². The fourth-order valence-corrected chi connectivity index (χ4v) is 2.79. The van der Waals surface area contributed by atoms with Gasteiger partial charge in [0.15, 0.2) is 18.1 Å². The average molecular weight is 405 g/mol. The van der Waals surface area contributed by atoms with Gasteiger partial charge < -0.3 is 19.5 Å². The number of hydrogen-bond donors (Lipinski definition) is 1. The van der Waals surface area contributed by atoms with Crippen molar-refractivity contribution < 1.29 is 23.8 Å². The molecule has 3 rings (SSSR count). The molecule has 0 fully saturated rings. The third kappa shape index (κ3) is 5.61. The summed E-state index contributed by atoms with van der Waals surface area (Å²) in [6.07, 6.45) is -1.11. The van der Waals surface area contributed by atoms with Gasteiger partial charge in [0, 0.05) is 11.3 Å². The van der Waals surface area contributed by atoms with Crippen LogP contribution >= 0.6 is 0 Å². The van der Waals surface area contributed by atoms with Crippen molar-refractivity contribution in [3.05, 3.63) is 90.0 Å². The lowest BCUT2D eigenvalue weighted by atomic mass is 10.1. The maximum absolute atomic E-state index is 12.9. The predicted octanol–water partition coefficient (Wildman–Crippen LogP) is 4.31. The summed E-state index contributed by atoms with van der Waals surface area (Å²) in [6.45, 7) is 1.60. The van der Waals surface area contributed by atoms with E-state index in [9.17, 15) is 9.59 Å². The Kier molecular flexibility index (Phi) is 7.05. The molecule has 0 aromatic heterocycles. The molecule has 0 aliphatic rings. The molecule has 0 unspecified atom stereocenters. The van der Waals surface area contributed by atoms with Crippen LogP contribution in [-0.2, 0) is 14.3 Å². The Morgan fingerprint density at radius 3 is 2.17 bits per heavy atom. The van der Waals surface area contributed by atoms with Crippen molar-refractivity contribution in [2.45, 2.75) is 13.0 Å². The molecule has 1 amide bonds. The largest absolute Gasteiger partial charge is 0.493 e. The molecule has 0 aliphatic carbocycles. The van der Waals surface area contributed by atoms with Crippen LogP contribution in [0.2, 0.25) is 0 Å². The van der Waals surface area contributed by atoms with Gasteiger partial charge in [0.1, 0.15) is 0 Å². The lowest BCUT2D eigenvalue weighted by Gasteiger charge is -2.18. The maximum Gasteiger partial charge on any atom is 0.345 e. The fraction of sp³-hybridized carbons (Fsp3) is 0.167. The van der Waals surface area contributed by atoms with E-state index in [2.05, 4.69) is 5.32 Å². The number of benzene rings is 3. The highest BCUT2D eigenvalue weighted by Gasteiger charge is 2.25. The Balaban J connectivity index is 1.70. The Labute approximate surface area is 175 Å². The van der Waals surface area contributed by atoms with E-state index < -0.39 is 18.0 Å². The number of carbonyl (C=O) groups is 2. The van der Waals surface area contributed by atoms with E-state index >= 15 is 0 Å². The number of aryl methyl sites for hydroxylation is 1. The first-order valence-electron chi connectivity index (χ1n) is 9.44. The van der Waals surface area contributed by atoms with Crippen LogP contribution < -0.4 is 14.8 Å². The van der Waals surface area contributed by atoms with E-state index in [1.807, 2.05) is 25.1 Å². The van der Waals surface area contributed by atoms with Crippen molar-refractivity contribution in [2.24, 2.45) is 0 Å². The number of rotatable bonds is 8. The number of ether oxygens (including phenoxy) is 3. The van der Waals surface area contributed by atoms with E-state index in [-0.39, 0.29) is 6.61 Å². The van der Waals surface area contributed by atoms with E-state index in [0.29, 0.717) is 22.7 Å². The van der Waals surface area contributed by atoms with Crippen LogP contribution in [0.3, 0.4) is 0 Å². The van der Waals surface area contributed by atoms with Gasteiger partial charge in [0.05, 0.1) is 7.11 Å². The highest BCUT2D eigenvalue weighted by molar-refractivity contribution is 5.96. The van der Waals surface area contributed by atoms with E-state index in [4.69, 9.17) is 14.2 Å². The third-order valence-corrected chi connectivity index (χ3v) is 4.32. The van der Waals surface area contributed by atoms with Gasteiger partial charge in [0.25, 0.3) is 5.91 Å². The van der Waals surface area contributed by atoms with Crippen LogP contribution in [0.15, 0.2) is 78.9 Å². The van der Waals surface area contributed by atoms with Crippen LogP contribution in [0, 0.1) is 6.92 Å². The molecular formula is C24H23NO5. The molecule has 154 valence electrons. The molecule has 0 bridgehead atoms. The molecule has 0 radical (unpaired) electrons. The van der Waals surface area contributed by atoms with Crippen LogP contribution in [0.25, 0.3) is 0 Å². The first kappa shape index (κ1) is 20.9. The zero-order chi connectivity index (χ0) is 21.3. The lowest BCUT2D eigenvalue weighted by molar-refractivity contribution is -0.156. The molecule has 6 nitrogen and oxygen atoms in total. The van der Waals surface area contributed by atoms with Crippen molar-refractivity contribution in [1.82, 2.24) is 0 Å². The summed E-state index contributed by atoms with van der Waals surface area (Å²) < 4.78 is 16.2. The van der Waals surface area contributed by atoms with Crippen molar-refractivity contribution in [3.8, 4) is 11.5 Å². The first-order chi connectivity index (χ1) is 14.6. The van der Waals surface area contributed by atoms with Gasteiger partial charge in [-0.25, -0.2) is 4.79 Å². The van der Waals surface area contributed by atoms with Crippen molar-refractivity contribution in [2.75, 3.05) is 19.0 Å². The molecule has 0 saturated heterocycles. The number of carbonyl (C=O) groups excluding carboxylic acids is 2. The number of methoxy groups -OCH3 is 1. The molecule has 1 atom stereocenters. The van der Waals surface area contributed by atoms with E-state index in [1.165, 1.54) is 7.11 Å². The summed E-state index contributed by atoms with van der Waals surface area (Å²) in [5.41, 5.74) is 2.26. The Bertz CT molecular complexity index is 986. The van der Waals surface area contributed by atoms with Crippen molar-refractivity contribution in [3.63, 3.8) is 0 Å². The highest BCUT2D eigenvalue weighted by Crippen LogP contribution is 2.26. The number of hydrogen-bond acceptors (Lipinski definition) is 5. The zero-order valence-electron chi connectivity index (χ0n) is 16.8. The second-order valence-electron chi connectivity index (χ2n) is 6.58. The lowest BCUT2D eigenvalue weighted by Crippen LogP contribution is -2.28. The molecule has 3 aromatic rings. The van der Waals surface area contributed by atoms with Gasteiger partial charge in [-0.3, -0.25) is 4.79 Å². The van der Waals surface area contributed by atoms with Gasteiger partial charge in [0.2, 0.25) is 6.10 Å². The quantitative estimate of drug-likeness (QED) is 0.566. The van der Waals surface area contributed by atoms with E-state index in [1.54, 1.807) is 60.7 Å². The number of nitrogens with one attached hydrogen (secondary N) is 1. The van der Waals surface area contributed by atoms with Gasteiger partial charge in [-0.15, -0.1) is 0 Å². The number of para-hydroxylation sites is 2. The normalized spacial score (nSPS) is 11.3. The average Bonchev–Trinajstić information content (AvgIpc) is 2.78. The molecule has 3 aromatic carbocycles. The summed E-state index contributed by atoms with van der Waals surface area (Å²) in [4.78, 5) is 25.3. The molecule has 6 heteroatoms. The monoisotopic (exact) mass is 405 g/mol. The van der Waals surface area contributed by atoms with Crippen molar-refractivity contribution >= 4 is 17.6 Å². The summed E-state index contributed by atoms with van der Waals surface area (Å²) in [5, 5.41) is 2.79. The summed E-state index contributed by atoms with van der Waals surface area (Å²) in [6, 6.07) is 23.2. The minimum atomic E-state index is -1.11. The second-order valence-corrected chi connectivity index (χ2v) is 6.58. The Morgan fingerprint density at radius 2 is 1.50 bits per heavy atom. The SMILES string of the molecule is COc1ccccc1OCC(=O)O[C@@H](C(=O)Nc1ccc(C)cc1)c1ccccc1.